The number of nitrogens with zero attached hydrogens (tertiary/aromatic N) is 1. The Kier molecular flexibility index (Phi) is 50.2. The number of aliphatic hydroxyl groups is 1. The van der Waals surface area contributed by atoms with Crippen LogP contribution in [0.5, 0.6) is 0 Å². The molecule has 0 spiro atoms. The van der Waals surface area contributed by atoms with E-state index in [-0.39, 0.29) is 19.1 Å². The van der Waals surface area contributed by atoms with Crippen LogP contribution in [0.25, 0.3) is 0 Å². The molecule has 69 heavy (non-hydrogen) atoms. The summed E-state index contributed by atoms with van der Waals surface area (Å²) in [6.45, 7) is 4.64. The number of rotatable bonds is 54. The highest BCUT2D eigenvalue weighted by molar-refractivity contribution is 7.45. The van der Waals surface area contributed by atoms with Crippen molar-refractivity contribution in [1.82, 2.24) is 5.32 Å². The van der Waals surface area contributed by atoms with Gasteiger partial charge in [0.25, 0.3) is 7.82 Å². The van der Waals surface area contributed by atoms with Crippen LogP contribution in [0.1, 0.15) is 277 Å². The molecule has 0 saturated heterocycles. The Balaban J connectivity index is 4.19. The van der Waals surface area contributed by atoms with Crippen molar-refractivity contribution in [2.45, 2.75) is 289 Å². The molecule has 0 aliphatic carbocycles. The van der Waals surface area contributed by atoms with E-state index >= 15 is 0 Å². The summed E-state index contributed by atoms with van der Waals surface area (Å²) in [5.74, 6) is -0.208. The molecule has 0 saturated carbocycles. The molecule has 3 unspecified atom stereocenters. The van der Waals surface area contributed by atoms with Crippen molar-refractivity contribution in [1.29, 1.82) is 0 Å². The molecule has 406 valence electrons. The lowest BCUT2D eigenvalue weighted by Crippen LogP contribution is -2.45. The van der Waals surface area contributed by atoms with Crippen molar-refractivity contribution in [3.05, 3.63) is 48.6 Å². The number of amides is 1. The first-order valence-corrected chi connectivity index (χ1v) is 31.0. The number of carbonyl (C=O) groups excluding carboxylic acids is 1. The number of hydrogen-bond acceptors (Lipinski definition) is 6. The molecule has 1 amide bonds. The molecule has 0 bridgehead atoms. The van der Waals surface area contributed by atoms with Crippen molar-refractivity contribution in [2.24, 2.45) is 0 Å². The summed E-state index contributed by atoms with van der Waals surface area (Å²) in [5, 5.41) is 13.9. The van der Waals surface area contributed by atoms with Gasteiger partial charge in [0.15, 0.2) is 0 Å². The first-order chi connectivity index (χ1) is 33.5. The molecule has 3 atom stereocenters. The highest BCUT2D eigenvalue weighted by Crippen LogP contribution is 2.38. The largest absolute Gasteiger partial charge is 0.756 e. The number of aliphatic hydroxyl groups excluding tert-OH is 1. The summed E-state index contributed by atoms with van der Waals surface area (Å²) in [6, 6.07) is -0.896. The van der Waals surface area contributed by atoms with E-state index in [9.17, 15) is 19.4 Å². The maximum atomic E-state index is 13.0. The third-order valence-corrected chi connectivity index (χ3v) is 14.2. The Bertz CT molecular complexity index is 1260. The molecule has 8 nitrogen and oxygen atoms in total. The fourth-order valence-corrected chi connectivity index (χ4v) is 9.36. The summed E-state index contributed by atoms with van der Waals surface area (Å²) in [4.78, 5) is 25.5. The molecule has 0 aromatic carbocycles. The molecule has 0 fully saturated rings. The third-order valence-electron chi connectivity index (χ3n) is 13.3. The number of allylic oxidation sites excluding steroid dienone is 7. The van der Waals surface area contributed by atoms with E-state index in [4.69, 9.17) is 9.05 Å². The van der Waals surface area contributed by atoms with Crippen LogP contribution in [0.3, 0.4) is 0 Å². The van der Waals surface area contributed by atoms with Crippen LogP contribution in [0.4, 0.5) is 0 Å². The van der Waals surface area contributed by atoms with Gasteiger partial charge in [0.05, 0.1) is 39.9 Å². The second-order valence-corrected chi connectivity index (χ2v) is 22.8. The smallest absolute Gasteiger partial charge is 0.268 e. The van der Waals surface area contributed by atoms with E-state index in [0.29, 0.717) is 17.4 Å². The Labute approximate surface area is 429 Å². The predicted molar refractivity (Wildman–Crippen MR) is 298 cm³/mol. The van der Waals surface area contributed by atoms with Crippen molar-refractivity contribution in [3.8, 4) is 0 Å². The van der Waals surface area contributed by atoms with Gasteiger partial charge in [0, 0.05) is 6.42 Å². The second-order valence-electron chi connectivity index (χ2n) is 21.4. The molecule has 9 heteroatoms. The first kappa shape index (κ1) is 67.5. The summed E-state index contributed by atoms with van der Waals surface area (Å²) in [6.07, 6.45) is 67.6. The van der Waals surface area contributed by atoms with Gasteiger partial charge in [-0.05, 0) is 57.8 Å². The minimum atomic E-state index is -4.60. The number of phosphoric ester groups is 1. The van der Waals surface area contributed by atoms with Gasteiger partial charge in [-0.1, -0.05) is 262 Å². The van der Waals surface area contributed by atoms with Gasteiger partial charge in [-0.15, -0.1) is 0 Å². The molecule has 2 N–H and O–H groups in total. The number of nitrogens with one attached hydrogen (secondary N) is 1. The van der Waals surface area contributed by atoms with Crippen molar-refractivity contribution in [2.75, 3.05) is 40.9 Å². The zero-order chi connectivity index (χ0) is 50.6. The highest BCUT2D eigenvalue weighted by atomic mass is 31.2. The summed E-state index contributed by atoms with van der Waals surface area (Å²) in [7, 11) is 1.25. The topological polar surface area (TPSA) is 108 Å². The van der Waals surface area contributed by atoms with Crippen LogP contribution in [-0.4, -0.2) is 68.5 Å². The fraction of sp³-hybridized carbons (Fsp3) is 0.850. The number of quaternary nitrogens is 1. The third kappa shape index (κ3) is 54.1. The molecule has 0 aromatic heterocycles. The molecule has 0 aromatic rings. The normalized spacial score (nSPS) is 14.2. The number of likely N-dealkylation sites (N-methyl/N-ethyl adjacent to an activating group) is 1. The average molecular weight is 992 g/mol. The monoisotopic (exact) mass is 991 g/mol. The van der Waals surface area contributed by atoms with Gasteiger partial charge in [0.1, 0.15) is 13.2 Å². The van der Waals surface area contributed by atoms with Crippen molar-refractivity contribution >= 4 is 13.7 Å². The maximum absolute atomic E-state index is 13.0. The number of carbonyl (C=O) groups is 1. The quantitative estimate of drug-likeness (QED) is 0.0272. The Hall–Kier alpha value is -1.54. The van der Waals surface area contributed by atoms with Gasteiger partial charge >= 0.3 is 0 Å². The summed E-state index contributed by atoms with van der Waals surface area (Å²) >= 11 is 0. The van der Waals surface area contributed by atoms with Gasteiger partial charge in [-0.2, -0.15) is 0 Å². The van der Waals surface area contributed by atoms with E-state index in [0.717, 1.165) is 64.2 Å². The second kappa shape index (κ2) is 51.4. The van der Waals surface area contributed by atoms with E-state index in [1.165, 1.54) is 193 Å². The minimum Gasteiger partial charge on any atom is -0.756 e. The van der Waals surface area contributed by atoms with Crippen LogP contribution in [0.15, 0.2) is 48.6 Å². The maximum Gasteiger partial charge on any atom is 0.268 e. The molecule has 0 heterocycles. The molecular weight excluding hydrogens is 876 g/mol. The lowest BCUT2D eigenvalue weighted by atomic mass is 10.0. The van der Waals surface area contributed by atoms with Gasteiger partial charge in [0.2, 0.25) is 5.91 Å². The highest BCUT2D eigenvalue weighted by Gasteiger charge is 2.23. The van der Waals surface area contributed by atoms with E-state index in [1.54, 1.807) is 6.08 Å². The van der Waals surface area contributed by atoms with Crippen LogP contribution in [0.2, 0.25) is 0 Å². The van der Waals surface area contributed by atoms with Crippen LogP contribution >= 0.6 is 7.82 Å². The molecular formula is C60H115N2O6P. The van der Waals surface area contributed by atoms with E-state index in [1.807, 2.05) is 27.2 Å². The lowest BCUT2D eigenvalue weighted by molar-refractivity contribution is -0.870. The number of phosphoric acid groups is 1. The standard InChI is InChI=1S/C60H115N2O6P/c1-6-8-10-12-14-16-18-20-22-24-26-27-28-29-30-31-32-33-34-36-37-39-41-43-45-47-49-51-53-59(63)58(57-68-69(65,66)67-56-55-62(3,4)5)61-60(64)54-52-50-48-46-44-42-40-38-35-25-23-21-19-17-15-13-11-9-7-2/h15,17,21,23,35,38,51,53,58-59,63H,6-14,16,18-20,22,24-34,36-37,39-50,52,54-57H2,1-5H3,(H-,61,64,65,66)/b17-15-,23-21-,38-35-,53-51+. The number of hydrogen-bond donors (Lipinski definition) is 2. The molecule has 0 radical (unpaired) electrons. The Morgan fingerprint density at radius 2 is 0.841 bits per heavy atom. The van der Waals surface area contributed by atoms with Crippen LogP contribution in [0, 0.1) is 0 Å². The van der Waals surface area contributed by atoms with Gasteiger partial charge in [-0.3, -0.25) is 9.36 Å². The van der Waals surface area contributed by atoms with Crippen LogP contribution < -0.4 is 10.2 Å². The zero-order valence-electron chi connectivity index (χ0n) is 46.3. The zero-order valence-corrected chi connectivity index (χ0v) is 47.2. The Morgan fingerprint density at radius 3 is 1.25 bits per heavy atom. The fourth-order valence-electron chi connectivity index (χ4n) is 8.63. The SMILES string of the molecule is CCCCC/C=C\C/C=C\C/C=C\CCCCCCCCC(=O)NC(COP(=O)([O-])OCC[N+](C)(C)C)C(O)/C=C/CCCCCCCCCCCCCCCCCCCCCCCCCCCC. The Morgan fingerprint density at radius 1 is 0.507 bits per heavy atom. The number of unbranched alkanes of at least 4 members (excludes halogenated alkanes) is 35. The van der Waals surface area contributed by atoms with E-state index < -0.39 is 20.0 Å². The van der Waals surface area contributed by atoms with Crippen molar-refractivity contribution in [3.63, 3.8) is 0 Å². The minimum absolute atomic E-state index is 0.00470. The average Bonchev–Trinajstić information content (AvgIpc) is 3.31. The summed E-state index contributed by atoms with van der Waals surface area (Å²) in [5.41, 5.74) is 0. The molecule has 0 aliphatic rings. The van der Waals surface area contributed by atoms with Crippen LogP contribution in [-0.2, 0) is 18.4 Å². The van der Waals surface area contributed by atoms with Gasteiger partial charge in [-0.25, -0.2) is 0 Å². The summed E-state index contributed by atoms with van der Waals surface area (Å²) < 4.78 is 23.4. The van der Waals surface area contributed by atoms with Gasteiger partial charge < -0.3 is 28.8 Å². The molecule has 0 rings (SSSR count). The lowest BCUT2D eigenvalue weighted by Gasteiger charge is -2.29. The van der Waals surface area contributed by atoms with E-state index in [2.05, 4.69) is 55.6 Å². The first-order valence-electron chi connectivity index (χ1n) is 29.5. The van der Waals surface area contributed by atoms with Crippen molar-refractivity contribution < 1.29 is 32.9 Å². The predicted octanol–water partition coefficient (Wildman–Crippen LogP) is 17.3. The molecule has 0 aliphatic heterocycles.